The number of halogens is 1. The van der Waals surface area contributed by atoms with Crippen LogP contribution in [0.5, 0.6) is 5.75 Å². The molecule has 3 aromatic rings. The van der Waals surface area contributed by atoms with Gasteiger partial charge in [-0.25, -0.2) is 8.42 Å². The molecular formula is C22H21ClN2O4S. The zero-order valence-corrected chi connectivity index (χ0v) is 17.8. The summed E-state index contributed by atoms with van der Waals surface area (Å²) in [5, 5.41) is 3.07. The molecule has 0 aromatic heterocycles. The first kappa shape index (κ1) is 21.8. The Morgan fingerprint density at radius 3 is 2.23 bits per heavy atom. The summed E-state index contributed by atoms with van der Waals surface area (Å²) in [5.74, 6) is 0.0234. The Morgan fingerprint density at radius 2 is 1.60 bits per heavy atom. The number of rotatable bonds is 8. The molecule has 0 bridgehead atoms. The normalized spacial score (nSPS) is 12.2. The van der Waals surface area contributed by atoms with Crippen molar-refractivity contribution in [3.8, 4) is 5.75 Å². The average Bonchev–Trinajstić information content (AvgIpc) is 2.75. The Balaban J connectivity index is 1.86. The standard InChI is InChI=1S/C22H21ClN2O4S/c1-29-17-11-13-18(14-12-17)30(27,28)25-21(15-16-7-3-2-4-8-16)22(26)24-20-10-6-5-9-19(20)23/h2-14,21,25H,15H2,1H3,(H,24,26). The maximum absolute atomic E-state index is 13.0. The minimum atomic E-state index is -3.95. The molecule has 3 rings (SSSR count). The molecule has 0 spiro atoms. The van der Waals surface area contributed by atoms with Gasteiger partial charge < -0.3 is 10.1 Å². The highest BCUT2D eigenvalue weighted by atomic mass is 35.5. The van der Waals surface area contributed by atoms with Gasteiger partial charge in [-0.3, -0.25) is 4.79 Å². The summed E-state index contributed by atoms with van der Waals surface area (Å²) in [6.07, 6.45) is 0.173. The van der Waals surface area contributed by atoms with Crippen LogP contribution in [0.15, 0.2) is 83.8 Å². The number of benzene rings is 3. The number of ether oxygens (including phenoxy) is 1. The number of amides is 1. The molecule has 30 heavy (non-hydrogen) atoms. The molecular weight excluding hydrogens is 424 g/mol. The second kappa shape index (κ2) is 9.75. The van der Waals surface area contributed by atoms with Gasteiger partial charge in [-0.2, -0.15) is 4.72 Å². The van der Waals surface area contributed by atoms with Gasteiger partial charge in [-0.1, -0.05) is 54.1 Å². The van der Waals surface area contributed by atoms with Gasteiger partial charge in [0.05, 0.1) is 22.7 Å². The zero-order chi connectivity index (χ0) is 21.6. The van der Waals surface area contributed by atoms with E-state index in [2.05, 4.69) is 10.0 Å². The first-order valence-electron chi connectivity index (χ1n) is 9.15. The predicted octanol–water partition coefficient (Wildman–Crippen LogP) is 3.88. The highest BCUT2D eigenvalue weighted by Gasteiger charge is 2.26. The number of nitrogens with one attached hydrogen (secondary N) is 2. The number of carbonyl (C=O) groups is 1. The molecule has 1 amide bonds. The fourth-order valence-corrected chi connectivity index (χ4v) is 4.21. The van der Waals surface area contributed by atoms with Gasteiger partial charge in [-0.05, 0) is 48.4 Å². The summed E-state index contributed by atoms with van der Waals surface area (Å²) in [6.45, 7) is 0. The fourth-order valence-electron chi connectivity index (χ4n) is 2.83. The molecule has 0 fully saturated rings. The van der Waals surface area contributed by atoms with Crippen LogP contribution in [0.25, 0.3) is 0 Å². The van der Waals surface area contributed by atoms with Crippen LogP contribution in [0, 0.1) is 0 Å². The maximum atomic E-state index is 13.0. The number of anilines is 1. The number of hydrogen-bond acceptors (Lipinski definition) is 4. The van der Waals surface area contributed by atoms with Crippen molar-refractivity contribution in [2.45, 2.75) is 17.4 Å². The maximum Gasteiger partial charge on any atom is 0.242 e. The molecule has 0 aliphatic rings. The van der Waals surface area contributed by atoms with Crippen molar-refractivity contribution >= 4 is 33.2 Å². The van der Waals surface area contributed by atoms with Crippen LogP contribution >= 0.6 is 11.6 Å². The van der Waals surface area contributed by atoms with Crippen molar-refractivity contribution in [1.82, 2.24) is 4.72 Å². The van der Waals surface area contributed by atoms with Crippen molar-refractivity contribution in [1.29, 1.82) is 0 Å². The highest BCUT2D eigenvalue weighted by Crippen LogP contribution is 2.21. The number of methoxy groups -OCH3 is 1. The molecule has 8 heteroatoms. The third-order valence-electron chi connectivity index (χ3n) is 4.40. The Morgan fingerprint density at radius 1 is 0.967 bits per heavy atom. The van der Waals surface area contributed by atoms with Crippen LogP contribution in [0.1, 0.15) is 5.56 Å². The molecule has 3 aromatic carbocycles. The van der Waals surface area contributed by atoms with Gasteiger partial charge >= 0.3 is 0 Å². The van der Waals surface area contributed by atoms with Crippen LogP contribution in [0.2, 0.25) is 5.02 Å². The number of carbonyl (C=O) groups excluding carboxylic acids is 1. The van der Waals surface area contributed by atoms with Gasteiger partial charge in [0, 0.05) is 0 Å². The van der Waals surface area contributed by atoms with Crippen molar-refractivity contribution in [3.05, 3.63) is 89.4 Å². The molecule has 0 saturated heterocycles. The Kier molecular flexibility index (Phi) is 7.10. The summed E-state index contributed by atoms with van der Waals surface area (Å²) < 4.78 is 33.4. The first-order valence-corrected chi connectivity index (χ1v) is 11.0. The lowest BCUT2D eigenvalue weighted by molar-refractivity contribution is -0.117. The van der Waals surface area contributed by atoms with E-state index in [9.17, 15) is 13.2 Å². The summed E-state index contributed by atoms with van der Waals surface area (Å²) in [4.78, 5) is 13.0. The molecule has 1 atom stereocenters. The van der Waals surface area contributed by atoms with Crippen LogP contribution < -0.4 is 14.8 Å². The molecule has 0 radical (unpaired) electrons. The van der Waals surface area contributed by atoms with Gasteiger partial charge in [0.15, 0.2) is 0 Å². The molecule has 0 aliphatic heterocycles. The monoisotopic (exact) mass is 444 g/mol. The molecule has 6 nitrogen and oxygen atoms in total. The topological polar surface area (TPSA) is 84.5 Å². The number of para-hydroxylation sites is 1. The van der Waals surface area contributed by atoms with Gasteiger partial charge in [-0.15, -0.1) is 0 Å². The lowest BCUT2D eigenvalue weighted by atomic mass is 10.1. The van der Waals surface area contributed by atoms with E-state index in [4.69, 9.17) is 16.3 Å². The van der Waals surface area contributed by atoms with Crippen molar-refractivity contribution in [2.24, 2.45) is 0 Å². The fraction of sp³-hybridized carbons (Fsp3) is 0.136. The molecule has 0 heterocycles. The lowest BCUT2D eigenvalue weighted by Gasteiger charge is -2.19. The summed E-state index contributed by atoms with van der Waals surface area (Å²) >= 11 is 6.13. The quantitative estimate of drug-likeness (QED) is 0.552. The molecule has 156 valence electrons. The minimum absolute atomic E-state index is 0.0342. The van der Waals surface area contributed by atoms with Gasteiger partial charge in [0.2, 0.25) is 15.9 Å². The molecule has 2 N–H and O–H groups in total. The Hall–Kier alpha value is -2.87. The molecule has 0 aliphatic carbocycles. The first-order chi connectivity index (χ1) is 14.4. The third kappa shape index (κ3) is 5.60. The average molecular weight is 445 g/mol. The SMILES string of the molecule is COc1ccc(S(=O)(=O)NC(Cc2ccccc2)C(=O)Nc2ccccc2Cl)cc1. The zero-order valence-electron chi connectivity index (χ0n) is 16.2. The van der Waals surface area contributed by atoms with E-state index < -0.39 is 22.0 Å². The minimum Gasteiger partial charge on any atom is -0.497 e. The molecule has 1 unspecified atom stereocenters. The number of hydrogen-bond donors (Lipinski definition) is 2. The van der Waals surface area contributed by atoms with E-state index in [0.717, 1.165) is 5.56 Å². The van der Waals surface area contributed by atoms with Crippen molar-refractivity contribution in [2.75, 3.05) is 12.4 Å². The van der Waals surface area contributed by atoms with Gasteiger partial charge in [0.1, 0.15) is 11.8 Å². The third-order valence-corrected chi connectivity index (χ3v) is 6.22. The lowest BCUT2D eigenvalue weighted by Crippen LogP contribution is -2.45. The van der Waals surface area contributed by atoms with Crippen LogP contribution in [-0.2, 0) is 21.2 Å². The second-order valence-electron chi connectivity index (χ2n) is 6.51. The second-order valence-corrected chi connectivity index (χ2v) is 8.63. The largest absolute Gasteiger partial charge is 0.497 e. The van der Waals surface area contributed by atoms with Gasteiger partial charge in [0.25, 0.3) is 0 Å². The summed E-state index contributed by atoms with van der Waals surface area (Å²) in [5.41, 5.74) is 1.22. The molecule has 0 saturated carbocycles. The highest BCUT2D eigenvalue weighted by molar-refractivity contribution is 7.89. The van der Waals surface area contributed by atoms with E-state index in [1.807, 2.05) is 30.3 Å². The summed E-state index contributed by atoms with van der Waals surface area (Å²) in [7, 11) is -2.45. The Bertz CT molecular complexity index is 1100. The predicted molar refractivity (Wildman–Crippen MR) is 117 cm³/mol. The van der Waals surface area contributed by atoms with E-state index in [-0.39, 0.29) is 11.3 Å². The smallest absolute Gasteiger partial charge is 0.242 e. The van der Waals surface area contributed by atoms with Crippen molar-refractivity contribution in [3.63, 3.8) is 0 Å². The van der Waals surface area contributed by atoms with Crippen LogP contribution in [-0.4, -0.2) is 27.5 Å². The van der Waals surface area contributed by atoms with Crippen LogP contribution in [0.4, 0.5) is 5.69 Å². The number of sulfonamides is 1. The summed E-state index contributed by atoms with van der Waals surface area (Å²) in [6, 6.07) is 20.8. The van der Waals surface area contributed by atoms with Crippen LogP contribution in [0.3, 0.4) is 0 Å². The van der Waals surface area contributed by atoms with E-state index in [0.29, 0.717) is 16.5 Å². The van der Waals surface area contributed by atoms with E-state index in [1.54, 1.807) is 36.4 Å². The van der Waals surface area contributed by atoms with Crippen molar-refractivity contribution < 1.29 is 17.9 Å². The Labute approximate surface area is 180 Å². The van der Waals surface area contributed by atoms with E-state index in [1.165, 1.54) is 19.2 Å². The van der Waals surface area contributed by atoms with E-state index >= 15 is 0 Å².